The minimum absolute atomic E-state index is 0.0457. The second-order valence-corrected chi connectivity index (χ2v) is 7.69. The van der Waals surface area contributed by atoms with Gasteiger partial charge in [-0.3, -0.25) is 0 Å². The van der Waals surface area contributed by atoms with E-state index in [9.17, 15) is 8.42 Å². The van der Waals surface area contributed by atoms with E-state index < -0.39 is 10.0 Å². The average molecular weight is 365 g/mol. The van der Waals surface area contributed by atoms with Gasteiger partial charge in [0.05, 0.1) is 15.5 Å². The first-order chi connectivity index (χ1) is 11.3. The molecule has 0 aliphatic rings. The van der Waals surface area contributed by atoms with Crippen LogP contribution in [0.5, 0.6) is 5.75 Å². The van der Waals surface area contributed by atoms with Crippen LogP contribution in [0.1, 0.15) is 11.1 Å². The van der Waals surface area contributed by atoms with Crippen LogP contribution in [0.4, 0.5) is 0 Å². The first kappa shape index (κ1) is 18.3. The lowest BCUT2D eigenvalue weighted by atomic mass is 10.2. The largest absolute Gasteiger partial charge is 0.492 e. The number of aryl methyl sites for hydroxylation is 1. The van der Waals surface area contributed by atoms with Crippen LogP contribution >= 0.6 is 11.6 Å². The maximum Gasteiger partial charge on any atom is 0.242 e. The van der Waals surface area contributed by atoms with Gasteiger partial charge in [0, 0.05) is 13.6 Å². The fourth-order valence-electron chi connectivity index (χ4n) is 1.97. The molecule has 2 rings (SSSR count). The Morgan fingerprint density at radius 3 is 2.46 bits per heavy atom. The maximum atomic E-state index is 12.5. The molecule has 0 bridgehead atoms. The molecule has 0 aromatic heterocycles. The van der Waals surface area contributed by atoms with Crippen LogP contribution in [-0.4, -0.2) is 32.9 Å². The number of rotatable bonds is 6. The third-order valence-corrected chi connectivity index (χ3v) is 5.63. The molecule has 0 radical (unpaired) electrons. The van der Waals surface area contributed by atoms with Gasteiger partial charge in [-0.15, -0.1) is 0 Å². The highest BCUT2D eigenvalue weighted by Crippen LogP contribution is 2.22. The van der Waals surface area contributed by atoms with Crippen molar-refractivity contribution in [3.8, 4) is 11.8 Å². The van der Waals surface area contributed by atoms with E-state index in [1.165, 1.54) is 29.6 Å². The van der Waals surface area contributed by atoms with E-state index in [1.807, 2.05) is 37.3 Å². The summed E-state index contributed by atoms with van der Waals surface area (Å²) >= 11 is 5.91. The van der Waals surface area contributed by atoms with Gasteiger partial charge < -0.3 is 4.74 Å². The smallest absolute Gasteiger partial charge is 0.242 e. The molecular weight excluding hydrogens is 348 g/mol. The molecule has 0 fully saturated rings. The van der Waals surface area contributed by atoms with Crippen LogP contribution < -0.4 is 4.74 Å². The summed E-state index contributed by atoms with van der Waals surface area (Å²) in [6.07, 6.45) is 0. The first-order valence-corrected chi connectivity index (χ1v) is 9.02. The molecule has 0 saturated carbocycles. The Morgan fingerprint density at radius 1 is 1.21 bits per heavy atom. The third-order valence-electron chi connectivity index (χ3n) is 3.47. The van der Waals surface area contributed by atoms with Gasteiger partial charge in [0.15, 0.2) is 0 Å². The topological polar surface area (TPSA) is 70.4 Å². The molecule has 0 unspecified atom stereocenters. The fraction of sp³-hybridized carbons (Fsp3) is 0.235. The van der Waals surface area contributed by atoms with Gasteiger partial charge in [0.1, 0.15) is 18.4 Å². The van der Waals surface area contributed by atoms with Crippen LogP contribution in [0, 0.1) is 18.3 Å². The molecule has 126 valence electrons. The molecule has 0 N–H and O–H groups in total. The van der Waals surface area contributed by atoms with Gasteiger partial charge in [-0.1, -0.05) is 29.3 Å². The minimum atomic E-state index is -3.69. The van der Waals surface area contributed by atoms with Crippen molar-refractivity contribution in [3.05, 3.63) is 58.6 Å². The van der Waals surface area contributed by atoms with Gasteiger partial charge in [-0.25, -0.2) is 8.42 Å². The standard InChI is InChI=1S/C17H17ClN2O3S/c1-13-3-6-15(7-4-13)23-10-9-20(2)24(21,22)16-8-5-14(12-19)17(18)11-16/h3-8,11H,9-10H2,1-2H3. The molecule has 0 heterocycles. The number of sulfonamides is 1. The molecule has 5 nitrogen and oxygen atoms in total. The number of benzene rings is 2. The summed E-state index contributed by atoms with van der Waals surface area (Å²) in [4.78, 5) is 0.0457. The normalized spacial score (nSPS) is 11.3. The maximum absolute atomic E-state index is 12.5. The number of likely N-dealkylation sites (N-methyl/N-ethyl adjacent to an activating group) is 1. The Hall–Kier alpha value is -2.07. The lowest BCUT2D eigenvalue weighted by molar-refractivity contribution is 0.287. The minimum Gasteiger partial charge on any atom is -0.492 e. The van der Waals surface area contributed by atoms with Crippen molar-refractivity contribution in [3.63, 3.8) is 0 Å². The molecule has 2 aromatic carbocycles. The summed E-state index contributed by atoms with van der Waals surface area (Å²) in [6.45, 7) is 2.39. The van der Waals surface area contributed by atoms with Crippen LogP contribution in [0.2, 0.25) is 5.02 Å². The molecule has 2 aromatic rings. The zero-order valence-electron chi connectivity index (χ0n) is 13.4. The van der Waals surface area contributed by atoms with Gasteiger partial charge in [-0.05, 0) is 37.3 Å². The number of halogens is 1. The number of hydrogen-bond donors (Lipinski definition) is 0. The fourth-order valence-corrected chi connectivity index (χ4v) is 3.44. The quantitative estimate of drug-likeness (QED) is 0.789. The monoisotopic (exact) mass is 364 g/mol. The van der Waals surface area contributed by atoms with E-state index in [0.29, 0.717) is 5.75 Å². The average Bonchev–Trinajstić information content (AvgIpc) is 2.56. The van der Waals surface area contributed by atoms with Crippen LogP contribution in [-0.2, 0) is 10.0 Å². The van der Waals surface area contributed by atoms with Gasteiger partial charge >= 0.3 is 0 Å². The van der Waals surface area contributed by atoms with Crippen LogP contribution in [0.3, 0.4) is 0 Å². The summed E-state index contributed by atoms with van der Waals surface area (Å²) in [5.74, 6) is 0.688. The van der Waals surface area contributed by atoms with Crippen molar-refractivity contribution in [2.45, 2.75) is 11.8 Å². The van der Waals surface area contributed by atoms with E-state index in [1.54, 1.807) is 0 Å². The number of hydrogen-bond acceptors (Lipinski definition) is 4. The third kappa shape index (κ3) is 4.26. The summed E-state index contributed by atoms with van der Waals surface area (Å²) < 4.78 is 31.7. The molecular formula is C17H17ClN2O3S. The predicted octanol–water partition coefficient (Wildman–Crippen LogP) is 3.22. The Balaban J connectivity index is 2.02. The number of nitrogens with zero attached hydrogens (tertiary/aromatic N) is 2. The van der Waals surface area contributed by atoms with Crippen molar-refractivity contribution < 1.29 is 13.2 Å². The van der Waals surface area contributed by atoms with Crippen molar-refractivity contribution in [1.82, 2.24) is 4.31 Å². The van der Waals surface area contributed by atoms with Crippen molar-refractivity contribution in [2.75, 3.05) is 20.2 Å². The number of nitriles is 1. The molecule has 0 aliphatic heterocycles. The molecule has 0 saturated heterocycles. The summed E-state index contributed by atoms with van der Waals surface area (Å²) in [7, 11) is -2.22. The molecule has 0 spiro atoms. The Morgan fingerprint density at radius 2 is 1.88 bits per heavy atom. The first-order valence-electron chi connectivity index (χ1n) is 7.20. The van der Waals surface area contributed by atoms with E-state index in [2.05, 4.69) is 0 Å². The second-order valence-electron chi connectivity index (χ2n) is 5.24. The SMILES string of the molecule is Cc1ccc(OCCN(C)S(=O)(=O)c2ccc(C#N)c(Cl)c2)cc1. The summed E-state index contributed by atoms with van der Waals surface area (Å²) in [5.41, 5.74) is 1.36. The van der Waals surface area contributed by atoms with Gasteiger partial charge in [0.25, 0.3) is 0 Å². The zero-order chi connectivity index (χ0) is 17.7. The van der Waals surface area contributed by atoms with Crippen molar-refractivity contribution >= 4 is 21.6 Å². The van der Waals surface area contributed by atoms with E-state index in [-0.39, 0.29) is 28.6 Å². The van der Waals surface area contributed by atoms with E-state index >= 15 is 0 Å². The molecule has 0 aliphatic carbocycles. The lowest BCUT2D eigenvalue weighted by Crippen LogP contribution is -2.31. The van der Waals surface area contributed by atoms with Crippen molar-refractivity contribution in [2.24, 2.45) is 0 Å². The molecule has 24 heavy (non-hydrogen) atoms. The Bertz CT molecular complexity index is 858. The molecule has 0 atom stereocenters. The number of ether oxygens (including phenoxy) is 1. The van der Waals surface area contributed by atoms with Gasteiger partial charge in [-0.2, -0.15) is 9.57 Å². The van der Waals surface area contributed by atoms with Crippen LogP contribution in [0.15, 0.2) is 47.4 Å². The summed E-state index contributed by atoms with van der Waals surface area (Å²) in [6, 6.07) is 13.5. The Kier molecular flexibility index (Phi) is 5.84. The van der Waals surface area contributed by atoms with E-state index in [4.69, 9.17) is 21.6 Å². The highest BCUT2D eigenvalue weighted by atomic mass is 35.5. The Labute approximate surface area is 147 Å². The molecule has 7 heteroatoms. The van der Waals surface area contributed by atoms with E-state index in [0.717, 1.165) is 5.56 Å². The summed E-state index contributed by atoms with van der Waals surface area (Å²) in [5, 5.41) is 8.97. The van der Waals surface area contributed by atoms with Crippen LogP contribution in [0.25, 0.3) is 0 Å². The zero-order valence-corrected chi connectivity index (χ0v) is 14.9. The lowest BCUT2D eigenvalue weighted by Gasteiger charge is -2.18. The highest BCUT2D eigenvalue weighted by molar-refractivity contribution is 7.89. The molecule has 0 amide bonds. The van der Waals surface area contributed by atoms with Gasteiger partial charge in [0.2, 0.25) is 10.0 Å². The second kappa shape index (κ2) is 7.67. The predicted molar refractivity (Wildman–Crippen MR) is 92.7 cm³/mol. The van der Waals surface area contributed by atoms with Crippen molar-refractivity contribution in [1.29, 1.82) is 5.26 Å². The highest BCUT2D eigenvalue weighted by Gasteiger charge is 2.21.